The smallest absolute Gasteiger partial charge is 0.307 e. The Kier molecular flexibility index (Phi) is 10.2. The molecule has 248 valence electrons. The lowest BCUT2D eigenvalue weighted by Gasteiger charge is -2.43. The number of amides is 2. The van der Waals surface area contributed by atoms with E-state index in [0.29, 0.717) is 61.1 Å². The first kappa shape index (κ1) is 33.5. The average Bonchev–Trinajstić information content (AvgIpc) is 3.55. The zero-order valence-corrected chi connectivity index (χ0v) is 28.1. The number of hydrazine groups is 1. The molecule has 3 saturated heterocycles. The second kappa shape index (κ2) is 14.4. The Bertz CT molecular complexity index is 1580. The maximum Gasteiger partial charge on any atom is 0.307 e. The van der Waals surface area contributed by atoms with Crippen molar-refractivity contribution in [3.05, 3.63) is 106 Å². The first-order valence-electron chi connectivity index (χ1n) is 16.6. The fourth-order valence-electron chi connectivity index (χ4n) is 7.68. The van der Waals surface area contributed by atoms with E-state index in [1.54, 1.807) is 5.01 Å². The van der Waals surface area contributed by atoms with Crippen molar-refractivity contribution < 1.29 is 19.5 Å². The number of likely N-dealkylation sites (tertiary alicyclic amines) is 2. The fraction of sp³-hybridized carbons (Fsp3) is 0.432. The summed E-state index contributed by atoms with van der Waals surface area (Å²) < 4.78 is 0. The minimum Gasteiger partial charge on any atom is -0.481 e. The molecule has 2 atom stereocenters. The highest BCUT2D eigenvalue weighted by Crippen LogP contribution is 2.42. The predicted octanol–water partition coefficient (Wildman–Crippen LogP) is 6.03. The highest BCUT2D eigenvalue weighted by atomic mass is 35.5. The van der Waals surface area contributed by atoms with Crippen LogP contribution >= 0.6 is 23.2 Å². The van der Waals surface area contributed by atoms with E-state index in [1.807, 2.05) is 83.8 Å². The molecule has 3 aromatic rings. The Morgan fingerprint density at radius 2 is 1.53 bits per heavy atom. The Morgan fingerprint density at radius 1 is 0.830 bits per heavy atom. The summed E-state index contributed by atoms with van der Waals surface area (Å²) in [5.41, 5.74) is 4.90. The van der Waals surface area contributed by atoms with Gasteiger partial charge in [-0.1, -0.05) is 77.8 Å². The lowest BCUT2D eigenvalue weighted by Crippen LogP contribution is -2.57. The number of carbonyl (C=O) groups is 3. The molecule has 47 heavy (non-hydrogen) atoms. The van der Waals surface area contributed by atoms with E-state index >= 15 is 0 Å². The van der Waals surface area contributed by atoms with Gasteiger partial charge in [-0.15, -0.1) is 0 Å². The number of piperidine rings is 2. The van der Waals surface area contributed by atoms with E-state index in [9.17, 15) is 19.5 Å². The van der Waals surface area contributed by atoms with Crippen molar-refractivity contribution in [2.24, 2.45) is 5.92 Å². The molecule has 2 N–H and O–H groups in total. The normalized spacial score (nSPS) is 23.4. The van der Waals surface area contributed by atoms with Crippen molar-refractivity contribution in [1.29, 1.82) is 0 Å². The molecule has 0 spiro atoms. The molecule has 0 aromatic heterocycles. The molecule has 3 aliphatic rings. The van der Waals surface area contributed by atoms with Crippen LogP contribution in [0.5, 0.6) is 0 Å². The Hall–Kier alpha value is -3.43. The fourth-order valence-corrected chi connectivity index (χ4v) is 7.98. The van der Waals surface area contributed by atoms with Gasteiger partial charge in [-0.2, -0.15) is 0 Å². The summed E-state index contributed by atoms with van der Waals surface area (Å²) in [6.45, 7) is 4.51. The van der Waals surface area contributed by atoms with Gasteiger partial charge in [-0.3, -0.25) is 19.8 Å². The van der Waals surface area contributed by atoms with Crippen LogP contribution in [0.3, 0.4) is 0 Å². The molecule has 2 unspecified atom stereocenters. The van der Waals surface area contributed by atoms with Gasteiger partial charge in [0.2, 0.25) is 5.91 Å². The number of benzene rings is 3. The molecule has 8 nitrogen and oxygen atoms in total. The van der Waals surface area contributed by atoms with Crippen molar-refractivity contribution in [1.82, 2.24) is 20.2 Å². The summed E-state index contributed by atoms with van der Waals surface area (Å²) in [7, 11) is 0. The molecular formula is C37H42Cl2N4O4. The maximum atomic E-state index is 14.1. The number of nitrogens with one attached hydrogen (secondary N) is 1. The molecule has 2 amide bonds. The Labute approximate surface area is 286 Å². The molecule has 0 radical (unpaired) electrons. The molecule has 6 rings (SSSR count). The van der Waals surface area contributed by atoms with Gasteiger partial charge in [-0.05, 0) is 93.6 Å². The van der Waals surface area contributed by atoms with Gasteiger partial charge in [-0.25, -0.2) is 5.01 Å². The largest absolute Gasteiger partial charge is 0.481 e. The predicted molar refractivity (Wildman–Crippen MR) is 184 cm³/mol. The molecular weight excluding hydrogens is 635 g/mol. The van der Waals surface area contributed by atoms with Crippen molar-refractivity contribution >= 4 is 41.0 Å². The number of hydrogen-bond donors (Lipinski definition) is 2. The van der Waals surface area contributed by atoms with Gasteiger partial charge in [0, 0.05) is 37.2 Å². The topological polar surface area (TPSA) is 93.2 Å². The van der Waals surface area contributed by atoms with Crippen LogP contribution in [0.25, 0.3) is 0 Å². The first-order valence-corrected chi connectivity index (χ1v) is 17.3. The lowest BCUT2D eigenvalue weighted by molar-refractivity contribution is -0.146. The van der Waals surface area contributed by atoms with Crippen molar-refractivity contribution in [2.75, 3.05) is 45.8 Å². The Balaban J connectivity index is 1.17. The van der Waals surface area contributed by atoms with Gasteiger partial charge in [0.1, 0.15) is 0 Å². The quantitative estimate of drug-likeness (QED) is 0.288. The summed E-state index contributed by atoms with van der Waals surface area (Å²) in [4.78, 5) is 43.6. The molecule has 10 heteroatoms. The minimum absolute atomic E-state index is 0.0348. The SMILES string of the molecule is O=C(O)C1CCCN(NC(=O)C2(c3ccccc3)CCN(CCC3(c4ccc(Cl)c(Cl)c4)CCN(C(=O)c4ccccc4)C3)CC2)C1. The van der Waals surface area contributed by atoms with Gasteiger partial charge >= 0.3 is 5.97 Å². The lowest BCUT2D eigenvalue weighted by atomic mass is 9.71. The second-order valence-corrected chi connectivity index (χ2v) is 14.2. The number of halogens is 2. The van der Waals surface area contributed by atoms with Crippen LogP contribution in [-0.2, 0) is 20.4 Å². The van der Waals surface area contributed by atoms with Crippen LogP contribution in [-0.4, -0.2) is 83.5 Å². The maximum absolute atomic E-state index is 14.1. The molecule has 3 heterocycles. The third-order valence-electron chi connectivity index (χ3n) is 10.6. The van der Waals surface area contributed by atoms with Crippen molar-refractivity contribution in [3.63, 3.8) is 0 Å². The zero-order valence-electron chi connectivity index (χ0n) is 26.5. The van der Waals surface area contributed by atoms with Crippen LogP contribution in [0.1, 0.15) is 60.0 Å². The van der Waals surface area contributed by atoms with Crippen LogP contribution in [0, 0.1) is 5.92 Å². The van der Waals surface area contributed by atoms with Gasteiger partial charge < -0.3 is 14.9 Å². The number of carboxylic acids is 1. The van der Waals surface area contributed by atoms with Gasteiger partial charge in [0.25, 0.3) is 5.91 Å². The van der Waals surface area contributed by atoms with Crippen LogP contribution < -0.4 is 5.43 Å². The highest BCUT2D eigenvalue weighted by Gasteiger charge is 2.46. The average molecular weight is 678 g/mol. The molecule has 0 aliphatic carbocycles. The molecule has 3 fully saturated rings. The molecule has 3 aliphatic heterocycles. The van der Waals surface area contributed by atoms with E-state index < -0.39 is 17.3 Å². The number of nitrogens with zero attached hydrogens (tertiary/aromatic N) is 3. The molecule has 3 aromatic carbocycles. The monoisotopic (exact) mass is 676 g/mol. The van der Waals surface area contributed by atoms with Crippen LogP contribution in [0.15, 0.2) is 78.9 Å². The molecule has 0 bridgehead atoms. The van der Waals surface area contributed by atoms with E-state index in [2.05, 4.69) is 10.3 Å². The van der Waals surface area contributed by atoms with Gasteiger partial charge in [0.15, 0.2) is 0 Å². The van der Waals surface area contributed by atoms with E-state index in [4.69, 9.17) is 23.2 Å². The number of rotatable bonds is 9. The number of aliphatic carboxylic acids is 1. The van der Waals surface area contributed by atoms with Crippen LogP contribution in [0.4, 0.5) is 0 Å². The van der Waals surface area contributed by atoms with Gasteiger partial charge in [0.05, 0.1) is 21.4 Å². The summed E-state index contributed by atoms with van der Waals surface area (Å²) in [5.74, 6) is -1.32. The van der Waals surface area contributed by atoms with Crippen molar-refractivity contribution in [2.45, 2.75) is 49.4 Å². The van der Waals surface area contributed by atoms with E-state index in [-0.39, 0.29) is 17.2 Å². The third kappa shape index (κ3) is 7.21. The van der Waals surface area contributed by atoms with Crippen molar-refractivity contribution in [3.8, 4) is 0 Å². The number of carbonyl (C=O) groups excluding carboxylic acids is 2. The summed E-state index contributed by atoms with van der Waals surface area (Å²) >= 11 is 12.8. The minimum atomic E-state index is -0.816. The third-order valence-corrected chi connectivity index (χ3v) is 11.3. The summed E-state index contributed by atoms with van der Waals surface area (Å²) in [6.07, 6.45) is 4.31. The second-order valence-electron chi connectivity index (χ2n) is 13.4. The number of hydrogen-bond acceptors (Lipinski definition) is 5. The zero-order chi connectivity index (χ0) is 33.0. The first-order chi connectivity index (χ1) is 22.7. The standard InChI is InChI=1S/C37H42Cl2N4O4/c38-31-14-13-30(24-32(31)39)36(16-23-42(26-36)33(44)27-8-3-1-4-9-27)15-20-41-21-17-37(18-22-41,29-11-5-2-6-12-29)35(47)40-43-19-7-10-28(25-43)34(45)46/h1-6,8-9,11-14,24,28H,7,10,15-23,25-26H2,(H,40,47)(H,45,46). The molecule has 0 saturated carbocycles. The summed E-state index contributed by atoms with van der Waals surface area (Å²) in [6, 6.07) is 25.2. The summed E-state index contributed by atoms with van der Waals surface area (Å²) in [5, 5.41) is 12.4. The van der Waals surface area contributed by atoms with E-state index in [1.165, 1.54) is 0 Å². The van der Waals surface area contributed by atoms with E-state index in [0.717, 1.165) is 50.0 Å². The highest BCUT2D eigenvalue weighted by molar-refractivity contribution is 6.42. The number of carboxylic acid groups (broad SMARTS) is 1. The Morgan fingerprint density at radius 3 is 2.21 bits per heavy atom. The van der Waals surface area contributed by atoms with Crippen LogP contribution in [0.2, 0.25) is 10.0 Å².